The molecule has 9 nitrogen and oxygen atoms in total. The molecular formula is C27H26N6O3. The maximum Gasteiger partial charge on any atom is 0.234 e. The van der Waals surface area contributed by atoms with E-state index in [-0.39, 0.29) is 5.91 Å². The minimum absolute atomic E-state index is 0.0549. The molecule has 0 radical (unpaired) electrons. The quantitative estimate of drug-likeness (QED) is 0.406. The summed E-state index contributed by atoms with van der Waals surface area (Å²) in [4.78, 5) is 22.3. The third kappa shape index (κ3) is 5.68. The van der Waals surface area contributed by atoms with Crippen LogP contribution < -0.4 is 5.32 Å². The van der Waals surface area contributed by atoms with Crippen LogP contribution in [0.5, 0.6) is 0 Å². The van der Waals surface area contributed by atoms with Crippen LogP contribution in [0.4, 0.5) is 0 Å². The summed E-state index contributed by atoms with van der Waals surface area (Å²) in [7, 11) is 0. The van der Waals surface area contributed by atoms with Gasteiger partial charge in [0.15, 0.2) is 5.76 Å². The molecule has 1 atom stereocenters. The summed E-state index contributed by atoms with van der Waals surface area (Å²) >= 11 is 0. The Balaban J connectivity index is 1.20. The molecule has 5 rings (SSSR count). The number of imidazole rings is 1. The van der Waals surface area contributed by atoms with Gasteiger partial charge < -0.3 is 19.5 Å². The van der Waals surface area contributed by atoms with Gasteiger partial charge in [-0.15, -0.1) is 0 Å². The molecule has 1 amide bonds. The normalized spacial score (nSPS) is 14.7. The number of pyridine rings is 1. The summed E-state index contributed by atoms with van der Waals surface area (Å²) in [6.07, 6.45) is 4.57. The Hall–Kier alpha value is -4.26. The smallest absolute Gasteiger partial charge is 0.234 e. The second-order valence-electron chi connectivity index (χ2n) is 8.70. The lowest BCUT2D eigenvalue weighted by atomic mass is 10.1. The fourth-order valence-electron chi connectivity index (χ4n) is 4.03. The predicted molar refractivity (Wildman–Crippen MR) is 132 cm³/mol. The summed E-state index contributed by atoms with van der Waals surface area (Å²) in [5, 5.41) is 16.8. The average Bonchev–Trinajstić information content (AvgIpc) is 3.54. The first kappa shape index (κ1) is 23.5. The predicted octanol–water partition coefficient (Wildman–Crippen LogP) is 2.37. The molecule has 2 N–H and O–H groups in total. The fraction of sp³-hybridized carbons (Fsp3) is 0.259. The van der Waals surface area contributed by atoms with E-state index in [1.807, 2.05) is 53.2 Å². The number of nitrogens with zero attached hydrogens (tertiary/aromatic N) is 5. The second kappa shape index (κ2) is 10.6. The SMILES string of the molecule is CC(O)c1nccn1Cc1cc(-c2ccc(C#Cc3ccc(CN4CCNC(=O)C4)nc3)cc2)on1. The Kier molecular flexibility index (Phi) is 6.89. The molecule has 0 aliphatic carbocycles. The van der Waals surface area contributed by atoms with Gasteiger partial charge in [0.1, 0.15) is 17.6 Å². The van der Waals surface area contributed by atoms with Crippen LogP contribution in [0.2, 0.25) is 0 Å². The van der Waals surface area contributed by atoms with Crippen molar-refractivity contribution in [3.8, 4) is 23.2 Å². The number of hydrogen-bond acceptors (Lipinski definition) is 7. The number of aliphatic hydroxyl groups is 1. The monoisotopic (exact) mass is 482 g/mol. The molecule has 1 aliphatic rings. The van der Waals surface area contributed by atoms with Crippen LogP contribution in [0, 0.1) is 11.8 Å². The number of piperazine rings is 1. The van der Waals surface area contributed by atoms with Crippen LogP contribution in [-0.4, -0.2) is 55.2 Å². The maximum atomic E-state index is 11.5. The first-order valence-electron chi connectivity index (χ1n) is 11.7. The van der Waals surface area contributed by atoms with E-state index in [0.29, 0.717) is 37.8 Å². The maximum absolute atomic E-state index is 11.5. The number of rotatable bonds is 6. The Bertz CT molecular complexity index is 1390. The number of carbonyl (C=O) groups is 1. The zero-order chi connectivity index (χ0) is 24.9. The summed E-state index contributed by atoms with van der Waals surface area (Å²) in [6, 6.07) is 13.6. The van der Waals surface area contributed by atoms with E-state index < -0.39 is 6.10 Å². The molecule has 1 aromatic carbocycles. The van der Waals surface area contributed by atoms with Gasteiger partial charge in [0.05, 0.1) is 18.8 Å². The molecule has 1 saturated heterocycles. The van der Waals surface area contributed by atoms with Crippen molar-refractivity contribution >= 4 is 5.91 Å². The summed E-state index contributed by atoms with van der Waals surface area (Å²) in [5.74, 6) is 7.61. The molecule has 0 spiro atoms. The second-order valence-corrected chi connectivity index (χ2v) is 8.70. The van der Waals surface area contributed by atoms with E-state index in [0.717, 1.165) is 34.6 Å². The van der Waals surface area contributed by atoms with Crippen LogP contribution in [-0.2, 0) is 17.9 Å². The van der Waals surface area contributed by atoms with Crippen LogP contribution >= 0.6 is 0 Å². The number of amides is 1. The largest absolute Gasteiger partial charge is 0.385 e. The van der Waals surface area contributed by atoms with Crippen molar-refractivity contribution in [2.75, 3.05) is 19.6 Å². The molecule has 1 unspecified atom stereocenters. The highest BCUT2D eigenvalue weighted by Gasteiger charge is 2.16. The van der Waals surface area contributed by atoms with Crippen molar-refractivity contribution in [1.82, 2.24) is 29.9 Å². The molecule has 182 valence electrons. The van der Waals surface area contributed by atoms with Gasteiger partial charge in [0.2, 0.25) is 5.91 Å². The lowest BCUT2D eigenvalue weighted by Crippen LogP contribution is -2.47. The molecular weight excluding hydrogens is 456 g/mol. The highest BCUT2D eigenvalue weighted by molar-refractivity contribution is 5.78. The molecule has 0 bridgehead atoms. The molecule has 1 aliphatic heterocycles. The molecule has 9 heteroatoms. The van der Waals surface area contributed by atoms with Gasteiger partial charge in [-0.2, -0.15) is 0 Å². The number of aliphatic hydroxyl groups excluding tert-OH is 1. The van der Waals surface area contributed by atoms with E-state index in [9.17, 15) is 9.90 Å². The van der Waals surface area contributed by atoms with Gasteiger partial charge in [0.25, 0.3) is 0 Å². The number of hydrogen-bond donors (Lipinski definition) is 2. The summed E-state index contributed by atoms with van der Waals surface area (Å²) in [6.45, 7) is 4.71. The first-order chi connectivity index (χ1) is 17.5. The molecule has 1 fully saturated rings. The Labute approximate surface area is 208 Å². The lowest BCUT2D eigenvalue weighted by molar-refractivity contribution is -0.124. The minimum Gasteiger partial charge on any atom is -0.385 e. The van der Waals surface area contributed by atoms with Gasteiger partial charge in [0, 0.05) is 61.0 Å². The zero-order valence-corrected chi connectivity index (χ0v) is 19.9. The van der Waals surface area contributed by atoms with Gasteiger partial charge in [-0.25, -0.2) is 4.98 Å². The van der Waals surface area contributed by atoms with Gasteiger partial charge in [-0.05, 0) is 43.3 Å². The topological polar surface area (TPSA) is 109 Å². The van der Waals surface area contributed by atoms with Crippen LogP contribution in [0.1, 0.15) is 41.4 Å². The van der Waals surface area contributed by atoms with Crippen molar-refractivity contribution in [3.63, 3.8) is 0 Å². The van der Waals surface area contributed by atoms with Gasteiger partial charge in [-0.1, -0.05) is 17.0 Å². The standard InChI is InChI=1S/C27H26N6O3/c1-19(34)27-29-11-13-33(27)17-24-14-25(36-31-24)22-7-4-20(5-8-22)2-3-21-6-9-23(30-15-21)16-32-12-10-28-26(35)18-32/h4-9,11,13-15,19,34H,10,12,16-18H2,1H3,(H,28,35). The van der Waals surface area contributed by atoms with Crippen molar-refractivity contribution < 1.29 is 14.4 Å². The van der Waals surface area contributed by atoms with E-state index >= 15 is 0 Å². The van der Waals surface area contributed by atoms with Crippen molar-refractivity contribution in [2.24, 2.45) is 0 Å². The highest BCUT2D eigenvalue weighted by Crippen LogP contribution is 2.22. The molecule has 36 heavy (non-hydrogen) atoms. The Morgan fingerprint density at radius 1 is 1.08 bits per heavy atom. The highest BCUT2D eigenvalue weighted by atomic mass is 16.5. The van der Waals surface area contributed by atoms with Crippen LogP contribution in [0.15, 0.2) is 65.6 Å². The summed E-state index contributed by atoms with van der Waals surface area (Å²) < 4.78 is 7.37. The number of aromatic nitrogens is 4. The van der Waals surface area contributed by atoms with Gasteiger partial charge in [-0.3, -0.25) is 14.7 Å². The Morgan fingerprint density at radius 2 is 1.89 bits per heavy atom. The number of benzene rings is 1. The molecule has 0 saturated carbocycles. The van der Waals surface area contributed by atoms with E-state index in [1.54, 1.807) is 19.3 Å². The van der Waals surface area contributed by atoms with E-state index in [4.69, 9.17) is 4.52 Å². The van der Waals surface area contributed by atoms with E-state index in [2.05, 4.69) is 37.2 Å². The number of carbonyl (C=O) groups excluding carboxylic acids is 1. The van der Waals surface area contributed by atoms with Crippen molar-refractivity contribution in [3.05, 3.63) is 89.4 Å². The van der Waals surface area contributed by atoms with Crippen LogP contribution in [0.3, 0.4) is 0 Å². The zero-order valence-electron chi connectivity index (χ0n) is 19.9. The molecule has 3 aromatic heterocycles. The Morgan fingerprint density at radius 3 is 2.64 bits per heavy atom. The third-order valence-electron chi connectivity index (χ3n) is 5.86. The van der Waals surface area contributed by atoms with Crippen molar-refractivity contribution in [2.45, 2.75) is 26.1 Å². The van der Waals surface area contributed by atoms with Crippen molar-refractivity contribution in [1.29, 1.82) is 0 Å². The third-order valence-corrected chi connectivity index (χ3v) is 5.86. The van der Waals surface area contributed by atoms with E-state index in [1.165, 1.54) is 0 Å². The lowest BCUT2D eigenvalue weighted by Gasteiger charge is -2.25. The van der Waals surface area contributed by atoms with Gasteiger partial charge >= 0.3 is 0 Å². The number of nitrogens with one attached hydrogen (secondary N) is 1. The average molecular weight is 483 g/mol. The first-order valence-corrected chi connectivity index (χ1v) is 11.7. The fourth-order valence-corrected chi connectivity index (χ4v) is 4.03. The summed E-state index contributed by atoms with van der Waals surface area (Å²) in [5.41, 5.74) is 4.27. The van der Waals surface area contributed by atoms with Crippen LogP contribution in [0.25, 0.3) is 11.3 Å². The minimum atomic E-state index is -0.655. The molecule has 4 aromatic rings. The molecule has 4 heterocycles.